The molecule has 9 aliphatic rings. The third kappa shape index (κ3) is 0.910. The van der Waals surface area contributed by atoms with Crippen LogP contribution in [0.25, 0.3) is 0 Å². The molecule has 2 spiro atoms. The van der Waals surface area contributed by atoms with Crippen molar-refractivity contribution in [2.24, 2.45) is 39.9 Å². The van der Waals surface area contributed by atoms with Crippen molar-refractivity contribution in [2.45, 2.75) is 63.3 Å². The van der Waals surface area contributed by atoms with Crippen molar-refractivity contribution >= 4 is 0 Å². The van der Waals surface area contributed by atoms with E-state index in [0.717, 1.165) is 31.7 Å². The average Bonchev–Trinajstić information content (AvgIpc) is 2.82. The highest BCUT2D eigenvalue weighted by atomic mass is 16.3. The molecule has 2 N–H and O–H groups in total. The van der Waals surface area contributed by atoms with Crippen LogP contribution in [0.2, 0.25) is 0 Å². The maximum Gasteiger partial charge on any atom is 0.123 e. The Labute approximate surface area is 137 Å². The molecule has 6 saturated carbocycles. The molecule has 0 amide bonds. The number of hydrogen-bond donors (Lipinski definition) is 2. The van der Waals surface area contributed by atoms with Gasteiger partial charge >= 0.3 is 0 Å². The molecule has 3 saturated heterocycles. The smallest absolute Gasteiger partial charge is 0.123 e. The molecule has 3 heterocycles. The second-order valence-corrected chi connectivity index (χ2v) is 10.7. The van der Waals surface area contributed by atoms with Gasteiger partial charge in [-0.15, -0.1) is 0 Å². The highest BCUT2D eigenvalue weighted by Gasteiger charge is 2.91. The van der Waals surface area contributed by atoms with E-state index in [1.165, 1.54) is 24.8 Å². The van der Waals surface area contributed by atoms with Crippen molar-refractivity contribution in [3.8, 4) is 0 Å². The molecule has 3 nitrogen and oxygen atoms in total. The van der Waals surface area contributed by atoms with Gasteiger partial charge in [-0.05, 0) is 54.3 Å². The lowest BCUT2D eigenvalue weighted by Crippen LogP contribution is -2.66. The summed E-state index contributed by atoms with van der Waals surface area (Å²) < 4.78 is 0. The van der Waals surface area contributed by atoms with E-state index in [4.69, 9.17) is 0 Å². The summed E-state index contributed by atoms with van der Waals surface area (Å²) in [7, 11) is 0. The van der Waals surface area contributed by atoms with Crippen molar-refractivity contribution < 1.29 is 10.2 Å². The summed E-state index contributed by atoms with van der Waals surface area (Å²) in [5.74, 6) is 1.94. The maximum absolute atomic E-state index is 11.8. The number of rotatable bonds is 0. The lowest BCUT2D eigenvalue weighted by atomic mass is 9.40. The van der Waals surface area contributed by atoms with Gasteiger partial charge in [-0.1, -0.05) is 25.5 Å². The molecular formula is C20H27NO2. The van der Waals surface area contributed by atoms with Gasteiger partial charge in [0.2, 0.25) is 0 Å². The minimum Gasteiger partial charge on any atom is -0.392 e. The molecule has 6 aliphatic carbocycles. The fraction of sp³-hybridized carbons (Fsp3) is 0.900. The number of piperidine rings is 2. The van der Waals surface area contributed by atoms with Crippen LogP contribution in [0, 0.1) is 39.9 Å². The van der Waals surface area contributed by atoms with Gasteiger partial charge in [-0.3, -0.25) is 4.90 Å². The van der Waals surface area contributed by atoms with E-state index in [1.807, 2.05) is 0 Å². The Morgan fingerprint density at radius 2 is 2.13 bits per heavy atom. The van der Waals surface area contributed by atoms with Crippen LogP contribution in [0.3, 0.4) is 0 Å². The molecular weight excluding hydrogens is 286 g/mol. The molecule has 23 heavy (non-hydrogen) atoms. The van der Waals surface area contributed by atoms with E-state index in [-0.39, 0.29) is 11.5 Å². The number of hydrogen-bond acceptors (Lipinski definition) is 3. The van der Waals surface area contributed by atoms with Crippen LogP contribution in [-0.4, -0.2) is 39.5 Å². The molecule has 0 aromatic carbocycles. The van der Waals surface area contributed by atoms with Gasteiger partial charge in [0.25, 0.3) is 0 Å². The van der Waals surface area contributed by atoms with E-state index in [0.29, 0.717) is 34.6 Å². The van der Waals surface area contributed by atoms with E-state index in [2.05, 4.69) is 18.4 Å². The number of aliphatic hydroxyl groups excluding tert-OH is 1. The lowest BCUT2D eigenvalue weighted by molar-refractivity contribution is -0.240. The molecule has 0 aromatic heterocycles. The molecule has 124 valence electrons. The monoisotopic (exact) mass is 313 g/mol. The summed E-state index contributed by atoms with van der Waals surface area (Å²) in [5, 5.41) is 23.0. The molecule has 9 fully saturated rings. The van der Waals surface area contributed by atoms with Gasteiger partial charge < -0.3 is 10.2 Å². The first-order valence-corrected chi connectivity index (χ1v) is 9.73. The topological polar surface area (TPSA) is 43.7 Å². The van der Waals surface area contributed by atoms with E-state index < -0.39 is 5.72 Å². The molecule has 3 aliphatic heterocycles. The average molecular weight is 313 g/mol. The normalized spacial score (nSPS) is 75.6. The predicted molar refractivity (Wildman–Crippen MR) is 85.2 cm³/mol. The third-order valence-electron chi connectivity index (χ3n) is 10.3. The summed E-state index contributed by atoms with van der Waals surface area (Å²) in [6.45, 7) is 7.86. The van der Waals surface area contributed by atoms with Gasteiger partial charge in [-0.2, -0.15) is 0 Å². The number of aliphatic hydroxyl groups is 2. The first-order valence-electron chi connectivity index (χ1n) is 9.73. The van der Waals surface area contributed by atoms with E-state index in [9.17, 15) is 10.2 Å². The SMILES string of the molecule is C=C1CC23C[C@@]4(O)[C@H]5C67CCC[C@@]5(C)CN4C6[C@H]2C(O)[C@H]1C[C@H]37. The van der Waals surface area contributed by atoms with E-state index >= 15 is 0 Å². The summed E-state index contributed by atoms with van der Waals surface area (Å²) in [6, 6.07) is 0.456. The number of fused-ring (bicyclic) bond motifs is 1. The number of nitrogens with zero attached hydrogens (tertiary/aromatic N) is 1. The molecule has 11 atom stereocenters. The Hall–Kier alpha value is -0.380. The quantitative estimate of drug-likeness (QED) is 0.674. The fourth-order valence-electron chi connectivity index (χ4n) is 10.5. The largest absolute Gasteiger partial charge is 0.392 e. The molecule has 5 unspecified atom stereocenters. The van der Waals surface area contributed by atoms with Gasteiger partial charge in [0.05, 0.1) is 6.10 Å². The first kappa shape index (κ1) is 12.9. The van der Waals surface area contributed by atoms with Gasteiger partial charge in [-0.25, -0.2) is 0 Å². The van der Waals surface area contributed by atoms with Crippen LogP contribution in [0.4, 0.5) is 0 Å². The van der Waals surface area contributed by atoms with E-state index in [1.54, 1.807) is 0 Å². The van der Waals surface area contributed by atoms with Crippen LogP contribution < -0.4 is 0 Å². The van der Waals surface area contributed by atoms with Crippen molar-refractivity contribution in [2.75, 3.05) is 6.54 Å². The summed E-state index contributed by atoms with van der Waals surface area (Å²) in [6.07, 6.45) is 6.87. The van der Waals surface area contributed by atoms with Crippen molar-refractivity contribution in [3.63, 3.8) is 0 Å². The van der Waals surface area contributed by atoms with Crippen LogP contribution in [-0.2, 0) is 0 Å². The minimum atomic E-state index is -0.572. The molecule has 3 heteroatoms. The zero-order valence-corrected chi connectivity index (χ0v) is 14.0. The van der Waals surface area contributed by atoms with Crippen molar-refractivity contribution in [1.82, 2.24) is 4.90 Å². The first-order chi connectivity index (χ1) is 10.9. The zero-order valence-electron chi connectivity index (χ0n) is 14.0. The Kier molecular flexibility index (Phi) is 1.73. The highest BCUT2D eigenvalue weighted by Crippen LogP contribution is 2.89. The second kappa shape index (κ2) is 3.08. The van der Waals surface area contributed by atoms with Crippen molar-refractivity contribution in [1.29, 1.82) is 0 Å². The Morgan fingerprint density at radius 1 is 1.30 bits per heavy atom. The molecule has 0 radical (unpaired) electrons. The molecule has 9 rings (SSSR count). The fourth-order valence-corrected chi connectivity index (χ4v) is 10.5. The van der Waals surface area contributed by atoms with Crippen LogP contribution in [0.1, 0.15) is 45.4 Å². The Balaban J connectivity index is 1.55. The predicted octanol–water partition coefficient (Wildman–Crippen LogP) is 2.14. The summed E-state index contributed by atoms with van der Waals surface area (Å²) in [4.78, 5) is 2.51. The zero-order chi connectivity index (χ0) is 15.6. The summed E-state index contributed by atoms with van der Waals surface area (Å²) >= 11 is 0. The van der Waals surface area contributed by atoms with Crippen molar-refractivity contribution in [3.05, 3.63) is 12.2 Å². The standard InChI is InChI=1S/C20H27NO2/c1-10-7-18-8-20(23)16-17(2)4-3-5-19(16)12(18)6-11(10)14(22)13(18)15(19)21(20)9-17/h11-16,22-23H,1,3-9H2,2H3/t11-,12+,13+,14?,15?,16+,17-,18?,19?,20+/m0/s1. The minimum absolute atomic E-state index is 0.167. The van der Waals surface area contributed by atoms with Gasteiger partial charge in [0.1, 0.15) is 5.72 Å². The summed E-state index contributed by atoms with van der Waals surface area (Å²) in [5.41, 5.74) is 1.49. The van der Waals surface area contributed by atoms with Gasteiger partial charge in [0, 0.05) is 30.3 Å². The maximum atomic E-state index is 11.8. The molecule has 0 aromatic rings. The Bertz CT molecular complexity index is 691. The third-order valence-corrected chi connectivity index (χ3v) is 10.3. The van der Waals surface area contributed by atoms with Crippen LogP contribution in [0.5, 0.6) is 0 Å². The Morgan fingerprint density at radius 3 is 2.96 bits per heavy atom. The van der Waals surface area contributed by atoms with Crippen LogP contribution >= 0.6 is 0 Å². The van der Waals surface area contributed by atoms with Gasteiger partial charge in [0.15, 0.2) is 0 Å². The second-order valence-electron chi connectivity index (χ2n) is 10.7. The van der Waals surface area contributed by atoms with Crippen LogP contribution in [0.15, 0.2) is 12.2 Å². The highest BCUT2D eigenvalue weighted by molar-refractivity contribution is 5.42. The lowest BCUT2D eigenvalue weighted by Gasteiger charge is -2.65. The molecule has 9 bridgehead atoms.